The Morgan fingerprint density at radius 1 is 1.00 bits per heavy atom. The predicted octanol–water partition coefficient (Wildman–Crippen LogP) is 4.34. The summed E-state index contributed by atoms with van der Waals surface area (Å²) in [6.07, 6.45) is 1.74. The van der Waals surface area contributed by atoms with Gasteiger partial charge in [0, 0.05) is 35.0 Å². The molecule has 0 atom stereocenters. The summed E-state index contributed by atoms with van der Waals surface area (Å²) >= 11 is 0. The highest BCUT2D eigenvalue weighted by Gasteiger charge is 2.13. The van der Waals surface area contributed by atoms with Crippen LogP contribution in [0.3, 0.4) is 0 Å². The Labute approximate surface area is 133 Å². The first kappa shape index (κ1) is 13.5. The number of hydrogen-bond acceptors (Lipinski definition) is 2. The normalized spacial score (nSPS) is 11.0. The van der Waals surface area contributed by atoms with Gasteiger partial charge in [-0.15, -0.1) is 0 Å². The minimum atomic E-state index is -0.108. The molecule has 0 spiro atoms. The third-order valence-electron chi connectivity index (χ3n) is 3.91. The number of anilines is 1. The van der Waals surface area contributed by atoms with E-state index in [0.717, 1.165) is 27.7 Å². The van der Waals surface area contributed by atoms with Crippen molar-refractivity contribution in [2.24, 2.45) is 0 Å². The van der Waals surface area contributed by atoms with Crippen LogP contribution in [-0.4, -0.2) is 15.9 Å². The number of rotatable bonds is 2. The van der Waals surface area contributed by atoms with E-state index in [0.29, 0.717) is 5.69 Å². The topological polar surface area (TPSA) is 57.8 Å². The molecule has 0 saturated carbocycles. The molecule has 112 valence electrons. The van der Waals surface area contributed by atoms with Crippen LogP contribution in [0.2, 0.25) is 0 Å². The molecule has 2 heterocycles. The number of nitrogens with one attached hydrogen (secondary N) is 2. The van der Waals surface area contributed by atoms with Crippen LogP contribution in [-0.2, 0) is 4.79 Å². The van der Waals surface area contributed by atoms with Crippen LogP contribution >= 0.6 is 0 Å². The van der Waals surface area contributed by atoms with Crippen molar-refractivity contribution < 1.29 is 4.79 Å². The van der Waals surface area contributed by atoms with Crippen LogP contribution in [0.25, 0.3) is 33.1 Å². The maximum Gasteiger partial charge on any atom is 0.221 e. The quantitative estimate of drug-likeness (QED) is 0.578. The SMILES string of the molecule is CC(=O)Nc1cccnc1-c1cccc2c1[nH]c1ccccc12. The fraction of sp³-hybridized carbons (Fsp3) is 0.0526. The molecule has 4 rings (SSSR count). The van der Waals surface area contributed by atoms with Crippen LogP contribution in [0.1, 0.15) is 6.92 Å². The summed E-state index contributed by atoms with van der Waals surface area (Å²) in [7, 11) is 0. The Hall–Kier alpha value is -3.14. The average Bonchev–Trinajstić information content (AvgIpc) is 2.94. The van der Waals surface area contributed by atoms with E-state index in [1.54, 1.807) is 6.20 Å². The molecule has 0 saturated heterocycles. The number of carbonyl (C=O) groups is 1. The molecule has 0 aliphatic heterocycles. The third-order valence-corrected chi connectivity index (χ3v) is 3.91. The molecular weight excluding hydrogens is 286 g/mol. The number of carbonyl (C=O) groups excluding carboxylic acids is 1. The lowest BCUT2D eigenvalue weighted by Crippen LogP contribution is -2.07. The highest BCUT2D eigenvalue weighted by atomic mass is 16.1. The molecule has 2 aromatic heterocycles. The number of nitrogens with zero attached hydrogens (tertiary/aromatic N) is 1. The van der Waals surface area contributed by atoms with Crippen LogP contribution in [0, 0.1) is 0 Å². The number of H-pyrrole nitrogens is 1. The first-order chi connectivity index (χ1) is 11.2. The van der Waals surface area contributed by atoms with Crippen molar-refractivity contribution in [3.63, 3.8) is 0 Å². The number of para-hydroxylation sites is 2. The van der Waals surface area contributed by atoms with Crippen molar-refractivity contribution in [1.29, 1.82) is 0 Å². The van der Waals surface area contributed by atoms with Gasteiger partial charge in [0.05, 0.1) is 16.9 Å². The van der Waals surface area contributed by atoms with Gasteiger partial charge in [0.1, 0.15) is 0 Å². The van der Waals surface area contributed by atoms with E-state index in [1.807, 2.05) is 36.4 Å². The molecule has 4 aromatic rings. The van der Waals surface area contributed by atoms with E-state index in [-0.39, 0.29) is 5.91 Å². The maximum atomic E-state index is 11.5. The highest BCUT2D eigenvalue weighted by Crippen LogP contribution is 2.34. The number of pyridine rings is 1. The van der Waals surface area contributed by atoms with Gasteiger partial charge >= 0.3 is 0 Å². The number of hydrogen-bond donors (Lipinski definition) is 2. The van der Waals surface area contributed by atoms with Crippen molar-refractivity contribution in [3.05, 3.63) is 60.8 Å². The van der Waals surface area contributed by atoms with E-state index in [9.17, 15) is 4.79 Å². The minimum absolute atomic E-state index is 0.108. The summed E-state index contributed by atoms with van der Waals surface area (Å²) in [4.78, 5) is 19.4. The van der Waals surface area contributed by atoms with E-state index < -0.39 is 0 Å². The lowest BCUT2D eigenvalue weighted by Gasteiger charge is -2.09. The summed E-state index contributed by atoms with van der Waals surface area (Å²) < 4.78 is 0. The smallest absolute Gasteiger partial charge is 0.221 e. The largest absolute Gasteiger partial charge is 0.354 e. The van der Waals surface area contributed by atoms with Gasteiger partial charge < -0.3 is 10.3 Å². The van der Waals surface area contributed by atoms with E-state index in [2.05, 4.69) is 33.5 Å². The van der Waals surface area contributed by atoms with Crippen molar-refractivity contribution in [2.45, 2.75) is 6.92 Å². The molecule has 4 nitrogen and oxygen atoms in total. The molecule has 0 unspecified atom stereocenters. The molecule has 1 amide bonds. The maximum absolute atomic E-state index is 11.5. The first-order valence-electron chi connectivity index (χ1n) is 7.46. The second kappa shape index (κ2) is 5.25. The van der Waals surface area contributed by atoms with Gasteiger partial charge in [-0.2, -0.15) is 0 Å². The Bertz CT molecular complexity index is 1030. The number of aromatic amines is 1. The minimum Gasteiger partial charge on any atom is -0.354 e. The molecule has 0 fully saturated rings. The Morgan fingerprint density at radius 2 is 1.83 bits per heavy atom. The fourth-order valence-corrected chi connectivity index (χ4v) is 2.98. The second-order valence-electron chi connectivity index (χ2n) is 5.48. The zero-order valence-corrected chi connectivity index (χ0v) is 12.6. The van der Waals surface area contributed by atoms with Gasteiger partial charge in [0.25, 0.3) is 0 Å². The monoisotopic (exact) mass is 301 g/mol. The summed E-state index contributed by atoms with van der Waals surface area (Å²) in [5.41, 5.74) is 4.57. The number of fused-ring (bicyclic) bond motifs is 3. The van der Waals surface area contributed by atoms with Crippen molar-refractivity contribution in [1.82, 2.24) is 9.97 Å². The molecule has 2 aromatic carbocycles. The molecule has 0 radical (unpaired) electrons. The van der Waals surface area contributed by atoms with E-state index in [1.165, 1.54) is 12.3 Å². The van der Waals surface area contributed by atoms with E-state index >= 15 is 0 Å². The third kappa shape index (κ3) is 2.25. The van der Waals surface area contributed by atoms with Gasteiger partial charge in [0.15, 0.2) is 0 Å². The van der Waals surface area contributed by atoms with E-state index in [4.69, 9.17) is 0 Å². The Balaban J connectivity index is 2.02. The molecule has 4 heteroatoms. The molecular formula is C19H15N3O. The standard InChI is InChI=1S/C19H15N3O/c1-12(23)21-17-10-5-11-20-19(17)15-8-4-7-14-13-6-2-3-9-16(13)22-18(14)15/h2-11,22H,1H3,(H,21,23). The van der Waals surface area contributed by atoms with Crippen molar-refractivity contribution >= 4 is 33.4 Å². The summed E-state index contributed by atoms with van der Waals surface area (Å²) in [5, 5.41) is 5.19. The lowest BCUT2D eigenvalue weighted by molar-refractivity contribution is -0.114. The Morgan fingerprint density at radius 3 is 2.70 bits per heavy atom. The fourth-order valence-electron chi connectivity index (χ4n) is 2.98. The zero-order chi connectivity index (χ0) is 15.8. The number of amides is 1. The summed E-state index contributed by atoms with van der Waals surface area (Å²) in [6, 6.07) is 18.0. The zero-order valence-electron chi connectivity index (χ0n) is 12.6. The summed E-state index contributed by atoms with van der Waals surface area (Å²) in [6.45, 7) is 1.50. The molecule has 0 bridgehead atoms. The number of benzene rings is 2. The molecule has 0 aliphatic rings. The van der Waals surface area contributed by atoms with Gasteiger partial charge in [-0.25, -0.2) is 0 Å². The average molecular weight is 301 g/mol. The van der Waals surface area contributed by atoms with Gasteiger partial charge in [-0.05, 0) is 18.2 Å². The summed E-state index contributed by atoms with van der Waals surface area (Å²) in [5.74, 6) is -0.108. The Kier molecular flexibility index (Phi) is 3.08. The second-order valence-corrected chi connectivity index (χ2v) is 5.48. The lowest BCUT2D eigenvalue weighted by atomic mass is 10.0. The first-order valence-corrected chi connectivity index (χ1v) is 7.46. The number of aromatic nitrogens is 2. The van der Waals surface area contributed by atoms with Gasteiger partial charge in [0.2, 0.25) is 5.91 Å². The molecule has 2 N–H and O–H groups in total. The predicted molar refractivity (Wildman–Crippen MR) is 93.3 cm³/mol. The van der Waals surface area contributed by atoms with Crippen LogP contribution in [0.15, 0.2) is 60.8 Å². The van der Waals surface area contributed by atoms with Crippen molar-refractivity contribution in [2.75, 3.05) is 5.32 Å². The molecule has 0 aliphatic carbocycles. The van der Waals surface area contributed by atoms with Gasteiger partial charge in [-0.3, -0.25) is 9.78 Å². The van der Waals surface area contributed by atoms with Crippen LogP contribution in [0.5, 0.6) is 0 Å². The molecule has 23 heavy (non-hydrogen) atoms. The van der Waals surface area contributed by atoms with Crippen molar-refractivity contribution in [3.8, 4) is 11.3 Å². The highest BCUT2D eigenvalue weighted by molar-refractivity contribution is 6.12. The van der Waals surface area contributed by atoms with Crippen LogP contribution in [0.4, 0.5) is 5.69 Å². The van der Waals surface area contributed by atoms with Gasteiger partial charge in [-0.1, -0.05) is 36.4 Å². The van der Waals surface area contributed by atoms with Crippen LogP contribution < -0.4 is 5.32 Å².